The Hall–Kier alpha value is -4.70. The molecule has 37 heavy (non-hydrogen) atoms. The van der Waals surface area contributed by atoms with E-state index < -0.39 is 17.7 Å². The van der Waals surface area contributed by atoms with Crippen LogP contribution in [0.25, 0.3) is 10.9 Å². The van der Waals surface area contributed by atoms with E-state index in [-0.39, 0.29) is 19.0 Å². The van der Waals surface area contributed by atoms with Crippen molar-refractivity contribution in [3.8, 4) is 17.2 Å². The van der Waals surface area contributed by atoms with E-state index >= 15 is 0 Å². The molecule has 0 unspecified atom stereocenters. The van der Waals surface area contributed by atoms with E-state index in [0.717, 1.165) is 5.56 Å². The molecule has 11 heteroatoms. The summed E-state index contributed by atoms with van der Waals surface area (Å²) in [5.74, 6) is -0.842. The van der Waals surface area contributed by atoms with Gasteiger partial charge in [0.15, 0.2) is 11.5 Å². The maximum absolute atomic E-state index is 13.2. The highest BCUT2D eigenvalue weighted by atomic mass is 35.5. The van der Waals surface area contributed by atoms with Gasteiger partial charge in [-0.1, -0.05) is 41.9 Å². The van der Waals surface area contributed by atoms with Crippen LogP contribution in [0.15, 0.2) is 66.7 Å². The molecule has 0 saturated carbocycles. The van der Waals surface area contributed by atoms with Gasteiger partial charge in [0, 0.05) is 11.9 Å². The Morgan fingerprint density at radius 3 is 2.59 bits per heavy atom. The van der Waals surface area contributed by atoms with E-state index in [1.54, 1.807) is 66.7 Å². The fraction of sp³-hybridized carbons (Fsp3) is 0.115. The second-order valence-corrected chi connectivity index (χ2v) is 8.42. The van der Waals surface area contributed by atoms with E-state index in [0.29, 0.717) is 38.9 Å². The summed E-state index contributed by atoms with van der Waals surface area (Å²) in [6.07, 6.45) is 0. The number of amides is 3. The van der Waals surface area contributed by atoms with Gasteiger partial charge >= 0.3 is 11.8 Å². The van der Waals surface area contributed by atoms with Crippen molar-refractivity contribution in [1.82, 2.24) is 9.99 Å². The number of para-hydroxylation sites is 2. The summed E-state index contributed by atoms with van der Waals surface area (Å²) in [4.78, 5) is 38.7. The highest BCUT2D eigenvalue weighted by Crippen LogP contribution is 2.32. The van der Waals surface area contributed by atoms with E-state index in [4.69, 9.17) is 25.8 Å². The van der Waals surface area contributed by atoms with Crippen LogP contribution < -0.4 is 30.3 Å². The summed E-state index contributed by atoms with van der Waals surface area (Å²) >= 11 is 6.19. The van der Waals surface area contributed by atoms with Crippen LogP contribution in [0.5, 0.6) is 17.2 Å². The largest absolute Gasteiger partial charge is 0.494 e. The minimum absolute atomic E-state index is 0.0661. The number of aromatic nitrogens is 1. The molecule has 3 aromatic carbocycles. The van der Waals surface area contributed by atoms with Crippen LogP contribution in [0, 0.1) is 0 Å². The Morgan fingerprint density at radius 2 is 1.78 bits per heavy atom. The molecule has 2 heterocycles. The van der Waals surface area contributed by atoms with Crippen LogP contribution in [-0.2, 0) is 16.1 Å². The molecule has 0 aliphatic carbocycles. The second-order valence-electron chi connectivity index (χ2n) is 8.01. The first-order valence-electron chi connectivity index (χ1n) is 11.2. The van der Waals surface area contributed by atoms with Crippen molar-refractivity contribution in [3.05, 3.63) is 83.0 Å². The minimum atomic E-state index is -0.976. The number of carbonyl (C=O) groups is 3. The highest BCUT2D eigenvalue weighted by Gasteiger charge is 2.23. The SMILES string of the molecule is COc1cccc2cc(C(=O)Nc3ccccc3Cl)n(NC(=O)C(=O)NCc3ccc4c(c3)OCO4)c12. The number of rotatable bonds is 6. The number of nitrogens with one attached hydrogen (secondary N) is 3. The average molecular weight is 521 g/mol. The van der Waals surface area contributed by atoms with E-state index in [2.05, 4.69) is 16.1 Å². The van der Waals surface area contributed by atoms with Crippen LogP contribution in [-0.4, -0.2) is 36.3 Å². The van der Waals surface area contributed by atoms with Crippen molar-refractivity contribution in [2.75, 3.05) is 24.6 Å². The van der Waals surface area contributed by atoms with Gasteiger partial charge in [-0.2, -0.15) is 0 Å². The molecule has 0 spiro atoms. The summed E-state index contributed by atoms with van der Waals surface area (Å²) in [7, 11) is 1.47. The lowest BCUT2D eigenvalue weighted by atomic mass is 10.2. The van der Waals surface area contributed by atoms with Crippen molar-refractivity contribution < 1.29 is 28.6 Å². The Morgan fingerprint density at radius 1 is 0.973 bits per heavy atom. The Kier molecular flexibility index (Phi) is 6.57. The zero-order valence-corrected chi connectivity index (χ0v) is 20.3. The summed E-state index contributed by atoms with van der Waals surface area (Å²) in [5, 5.41) is 6.26. The van der Waals surface area contributed by atoms with Crippen molar-refractivity contribution in [2.45, 2.75) is 6.54 Å². The standard InChI is InChI=1S/C26H21ClN4O6/c1-35-21-8-4-5-16-12-19(24(32)29-18-7-3-2-6-17(18)27)31(23(16)21)30-26(34)25(33)28-13-15-9-10-20-22(11-15)37-14-36-20/h2-12H,13-14H2,1H3,(H,28,33)(H,29,32)(H,30,34). The normalized spacial score (nSPS) is 11.7. The van der Waals surface area contributed by atoms with Crippen LogP contribution >= 0.6 is 11.6 Å². The molecular formula is C26H21ClN4O6. The average Bonchev–Trinajstić information content (AvgIpc) is 3.53. The first-order valence-corrected chi connectivity index (χ1v) is 11.5. The van der Waals surface area contributed by atoms with Crippen molar-refractivity contribution >= 4 is 45.9 Å². The lowest BCUT2D eigenvalue weighted by Gasteiger charge is -2.14. The first-order chi connectivity index (χ1) is 17.9. The zero-order chi connectivity index (χ0) is 25.9. The summed E-state index contributed by atoms with van der Waals surface area (Å²) in [6.45, 7) is 0.215. The molecule has 0 radical (unpaired) electrons. The maximum Gasteiger partial charge on any atom is 0.328 e. The highest BCUT2D eigenvalue weighted by molar-refractivity contribution is 6.38. The first kappa shape index (κ1) is 24.0. The lowest BCUT2D eigenvalue weighted by Crippen LogP contribution is -2.39. The number of hydrogen-bond donors (Lipinski definition) is 3. The zero-order valence-electron chi connectivity index (χ0n) is 19.5. The molecule has 1 aromatic heterocycles. The van der Waals surface area contributed by atoms with Gasteiger partial charge in [-0.25, -0.2) is 4.68 Å². The Bertz CT molecular complexity index is 1530. The number of nitrogens with zero attached hydrogens (tertiary/aromatic N) is 1. The number of carbonyl (C=O) groups excluding carboxylic acids is 3. The molecule has 0 saturated heterocycles. The fourth-order valence-corrected chi connectivity index (χ4v) is 4.07. The van der Waals surface area contributed by atoms with Gasteiger partial charge in [0.25, 0.3) is 5.91 Å². The van der Waals surface area contributed by atoms with Crippen LogP contribution in [0.4, 0.5) is 5.69 Å². The van der Waals surface area contributed by atoms with Gasteiger partial charge in [0.1, 0.15) is 17.0 Å². The molecule has 188 valence electrons. The Labute approximate surface area is 216 Å². The number of fused-ring (bicyclic) bond motifs is 2. The molecule has 0 fully saturated rings. The molecule has 5 rings (SSSR count). The minimum Gasteiger partial charge on any atom is -0.494 e. The molecule has 10 nitrogen and oxygen atoms in total. The number of halogens is 1. The third-order valence-electron chi connectivity index (χ3n) is 5.67. The van der Waals surface area contributed by atoms with Crippen molar-refractivity contribution in [2.24, 2.45) is 0 Å². The third-order valence-corrected chi connectivity index (χ3v) is 6.00. The number of benzene rings is 3. The summed E-state index contributed by atoms with van der Waals surface area (Å²) in [5.41, 5.74) is 4.10. The Balaban J connectivity index is 1.38. The molecule has 0 bridgehead atoms. The third kappa shape index (κ3) is 4.87. The number of hydrogen-bond acceptors (Lipinski definition) is 6. The van der Waals surface area contributed by atoms with Crippen molar-refractivity contribution in [3.63, 3.8) is 0 Å². The van der Waals surface area contributed by atoms with E-state index in [1.165, 1.54) is 11.8 Å². The van der Waals surface area contributed by atoms with Crippen LogP contribution in [0.2, 0.25) is 5.02 Å². The van der Waals surface area contributed by atoms with Gasteiger partial charge in [0.05, 0.1) is 17.8 Å². The molecule has 3 N–H and O–H groups in total. The lowest BCUT2D eigenvalue weighted by molar-refractivity contribution is -0.136. The summed E-state index contributed by atoms with van der Waals surface area (Å²) in [6, 6.07) is 18.7. The monoisotopic (exact) mass is 520 g/mol. The molecule has 4 aromatic rings. The molecule has 1 aliphatic heterocycles. The van der Waals surface area contributed by atoms with Gasteiger partial charge in [-0.05, 0) is 42.0 Å². The second kappa shape index (κ2) is 10.1. The van der Waals surface area contributed by atoms with Crippen LogP contribution in [0.3, 0.4) is 0 Å². The smallest absolute Gasteiger partial charge is 0.328 e. The van der Waals surface area contributed by atoms with Gasteiger partial charge < -0.3 is 24.8 Å². The molecule has 1 aliphatic rings. The maximum atomic E-state index is 13.2. The summed E-state index contributed by atoms with van der Waals surface area (Å²) < 4.78 is 17.3. The van der Waals surface area contributed by atoms with Gasteiger partial charge in [-0.15, -0.1) is 0 Å². The number of ether oxygens (including phenoxy) is 3. The number of methoxy groups -OCH3 is 1. The topological polar surface area (TPSA) is 120 Å². The fourth-order valence-electron chi connectivity index (χ4n) is 3.89. The predicted octanol–water partition coefficient (Wildman–Crippen LogP) is 3.67. The van der Waals surface area contributed by atoms with Gasteiger partial charge in [0.2, 0.25) is 6.79 Å². The van der Waals surface area contributed by atoms with E-state index in [9.17, 15) is 14.4 Å². The molecule has 3 amide bonds. The number of anilines is 1. The molecular weight excluding hydrogens is 500 g/mol. The van der Waals surface area contributed by atoms with E-state index in [1.807, 2.05) is 0 Å². The quantitative estimate of drug-likeness (QED) is 0.334. The predicted molar refractivity (Wildman–Crippen MR) is 137 cm³/mol. The van der Waals surface area contributed by atoms with Crippen molar-refractivity contribution in [1.29, 1.82) is 0 Å². The van der Waals surface area contributed by atoms with Crippen LogP contribution in [0.1, 0.15) is 16.1 Å². The van der Waals surface area contributed by atoms with Gasteiger partial charge in [-0.3, -0.25) is 19.8 Å². The molecule has 0 atom stereocenters.